The Morgan fingerprint density at radius 2 is 1.83 bits per heavy atom. The van der Waals surface area contributed by atoms with Crippen molar-refractivity contribution in [2.75, 3.05) is 12.4 Å². The van der Waals surface area contributed by atoms with Crippen LogP contribution in [-0.2, 0) is 0 Å². The monoisotopic (exact) mass is 353 g/mol. The molecule has 120 valence electrons. The molecule has 3 heterocycles. The van der Waals surface area contributed by atoms with Gasteiger partial charge in [0.15, 0.2) is 0 Å². The fraction of sp³-hybridized carbons (Fsp3) is 0.211. The van der Waals surface area contributed by atoms with Gasteiger partial charge in [0.1, 0.15) is 5.75 Å². The summed E-state index contributed by atoms with van der Waals surface area (Å²) in [6.07, 6.45) is 0. The number of aromatic nitrogens is 1. The molecular weight excluding hydrogens is 338 g/mol. The first kappa shape index (κ1) is 14.4. The standard InChI is InChI=1S/C19H15NO2S2/c21-19-20(13-6-2-1-3-7-13)18-17(24-19)16-12(11-23-18)10-22-15-9-5-4-8-14(15)16/h1-9,12,16H,10-11H2. The molecule has 0 fully saturated rings. The molecule has 0 bridgehead atoms. The van der Waals surface area contributed by atoms with Crippen LogP contribution in [0.15, 0.2) is 64.4 Å². The second kappa shape index (κ2) is 5.53. The largest absolute Gasteiger partial charge is 0.493 e. The van der Waals surface area contributed by atoms with Crippen molar-refractivity contribution in [2.24, 2.45) is 5.92 Å². The van der Waals surface area contributed by atoms with E-state index in [0.717, 1.165) is 28.8 Å². The molecule has 0 radical (unpaired) electrons. The van der Waals surface area contributed by atoms with Crippen LogP contribution in [0.5, 0.6) is 5.75 Å². The molecule has 0 aliphatic carbocycles. The van der Waals surface area contributed by atoms with E-state index in [0.29, 0.717) is 5.92 Å². The summed E-state index contributed by atoms with van der Waals surface area (Å²) in [5.41, 5.74) is 2.17. The fourth-order valence-electron chi connectivity index (χ4n) is 3.61. The third-order valence-electron chi connectivity index (χ3n) is 4.70. The minimum absolute atomic E-state index is 0.100. The van der Waals surface area contributed by atoms with E-state index in [2.05, 4.69) is 12.1 Å². The number of thiazole rings is 1. The number of ether oxygens (including phenoxy) is 1. The van der Waals surface area contributed by atoms with Gasteiger partial charge < -0.3 is 4.74 Å². The third kappa shape index (κ3) is 2.08. The second-order valence-corrected chi connectivity index (χ2v) is 8.11. The quantitative estimate of drug-likeness (QED) is 0.659. The number of thioether (sulfide) groups is 1. The molecule has 0 amide bonds. The maximum atomic E-state index is 12.7. The molecule has 2 atom stereocenters. The normalized spacial score (nSPS) is 21.3. The summed E-state index contributed by atoms with van der Waals surface area (Å²) >= 11 is 3.18. The zero-order chi connectivity index (χ0) is 16.1. The highest BCUT2D eigenvalue weighted by atomic mass is 32.2. The van der Waals surface area contributed by atoms with E-state index in [-0.39, 0.29) is 10.8 Å². The molecule has 0 saturated carbocycles. The Morgan fingerprint density at radius 1 is 1.04 bits per heavy atom. The second-order valence-electron chi connectivity index (χ2n) is 6.11. The van der Waals surface area contributed by atoms with E-state index < -0.39 is 0 Å². The predicted molar refractivity (Wildman–Crippen MR) is 97.9 cm³/mol. The Kier molecular flexibility index (Phi) is 3.31. The van der Waals surface area contributed by atoms with Crippen LogP contribution in [0.2, 0.25) is 0 Å². The lowest BCUT2D eigenvalue weighted by molar-refractivity contribution is 0.219. The molecule has 2 unspecified atom stereocenters. The van der Waals surface area contributed by atoms with Gasteiger partial charge in [-0.2, -0.15) is 0 Å². The Morgan fingerprint density at radius 3 is 2.71 bits per heavy atom. The topological polar surface area (TPSA) is 31.2 Å². The highest BCUT2D eigenvalue weighted by molar-refractivity contribution is 7.99. The van der Waals surface area contributed by atoms with Crippen molar-refractivity contribution in [3.05, 3.63) is 74.7 Å². The Labute approximate surface area is 147 Å². The van der Waals surface area contributed by atoms with Crippen LogP contribution in [0.25, 0.3) is 5.69 Å². The molecule has 2 aromatic carbocycles. The number of para-hydroxylation sites is 2. The van der Waals surface area contributed by atoms with E-state index in [4.69, 9.17) is 4.74 Å². The molecule has 0 N–H and O–H groups in total. The van der Waals surface area contributed by atoms with Crippen LogP contribution in [-0.4, -0.2) is 16.9 Å². The molecule has 0 spiro atoms. The number of hydrogen-bond donors (Lipinski definition) is 0. The van der Waals surface area contributed by atoms with E-state index in [1.807, 2.05) is 47.0 Å². The summed E-state index contributed by atoms with van der Waals surface area (Å²) in [5, 5.41) is 1.11. The van der Waals surface area contributed by atoms with Crippen LogP contribution in [0.3, 0.4) is 0 Å². The predicted octanol–water partition coefficient (Wildman–Crippen LogP) is 4.15. The maximum absolute atomic E-state index is 12.7. The smallest absolute Gasteiger partial charge is 0.312 e. The van der Waals surface area contributed by atoms with E-state index in [1.165, 1.54) is 21.8 Å². The number of benzene rings is 2. The van der Waals surface area contributed by atoms with Crippen LogP contribution < -0.4 is 9.61 Å². The SMILES string of the molecule is O=c1sc2c(n1-c1ccccc1)SCC1COc3ccccc3C21. The Balaban J connectivity index is 1.72. The van der Waals surface area contributed by atoms with E-state index in [9.17, 15) is 4.79 Å². The lowest BCUT2D eigenvalue weighted by Crippen LogP contribution is -2.31. The molecule has 24 heavy (non-hydrogen) atoms. The van der Waals surface area contributed by atoms with Gasteiger partial charge in [-0.25, -0.2) is 0 Å². The molecule has 0 saturated heterocycles. The van der Waals surface area contributed by atoms with Gasteiger partial charge in [-0.3, -0.25) is 9.36 Å². The summed E-state index contributed by atoms with van der Waals surface area (Å²) < 4.78 is 7.81. The molecule has 3 aromatic rings. The Hall–Kier alpha value is -1.98. The summed E-state index contributed by atoms with van der Waals surface area (Å²) in [5.74, 6) is 2.65. The van der Waals surface area contributed by atoms with Crippen molar-refractivity contribution in [3.8, 4) is 11.4 Å². The van der Waals surface area contributed by atoms with Gasteiger partial charge in [0.2, 0.25) is 0 Å². The van der Waals surface area contributed by atoms with Gasteiger partial charge in [-0.05, 0) is 18.2 Å². The summed E-state index contributed by atoms with van der Waals surface area (Å²) in [6.45, 7) is 0.728. The van der Waals surface area contributed by atoms with Gasteiger partial charge in [0.25, 0.3) is 0 Å². The summed E-state index contributed by atoms with van der Waals surface area (Å²) in [4.78, 5) is 14.0. The molecule has 5 rings (SSSR count). The average molecular weight is 353 g/mol. The van der Waals surface area contributed by atoms with Gasteiger partial charge in [-0.1, -0.05) is 47.7 Å². The zero-order valence-corrected chi connectivity index (χ0v) is 14.5. The van der Waals surface area contributed by atoms with Gasteiger partial charge in [0.05, 0.1) is 17.3 Å². The molecular formula is C19H15NO2S2. The molecule has 2 aliphatic heterocycles. The number of nitrogens with zero attached hydrogens (tertiary/aromatic N) is 1. The van der Waals surface area contributed by atoms with Gasteiger partial charge >= 0.3 is 4.87 Å². The van der Waals surface area contributed by atoms with Crippen molar-refractivity contribution in [1.82, 2.24) is 4.57 Å². The summed E-state index contributed by atoms with van der Waals surface area (Å²) in [6, 6.07) is 18.2. The lowest BCUT2D eigenvalue weighted by atomic mass is 9.84. The first-order chi connectivity index (χ1) is 11.8. The third-order valence-corrected chi connectivity index (χ3v) is 7.13. The maximum Gasteiger partial charge on any atom is 0.312 e. The minimum atomic E-state index is 0.100. The fourth-order valence-corrected chi connectivity index (χ4v) is 6.32. The van der Waals surface area contributed by atoms with Crippen LogP contribution in [0.1, 0.15) is 16.4 Å². The Bertz CT molecular complexity index is 961. The minimum Gasteiger partial charge on any atom is -0.493 e. The van der Waals surface area contributed by atoms with Gasteiger partial charge in [-0.15, -0.1) is 11.8 Å². The number of rotatable bonds is 1. The van der Waals surface area contributed by atoms with Crippen LogP contribution >= 0.6 is 23.1 Å². The zero-order valence-electron chi connectivity index (χ0n) is 12.8. The van der Waals surface area contributed by atoms with E-state index in [1.54, 1.807) is 11.8 Å². The highest BCUT2D eigenvalue weighted by Gasteiger charge is 2.39. The summed E-state index contributed by atoms with van der Waals surface area (Å²) in [7, 11) is 0. The number of fused-ring (bicyclic) bond motifs is 5. The van der Waals surface area contributed by atoms with Crippen molar-refractivity contribution < 1.29 is 4.74 Å². The number of hydrogen-bond acceptors (Lipinski definition) is 4. The molecule has 3 nitrogen and oxygen atoms in total. The van der Waals surface area contributed by atoms with Crippen molar-refractivity contribution in [2.45, 2.75) is 10.9 Å². The first-order valence-corrected chi connectivity index (χ1v) is 9.79. The average Bonchev–Trinajstić information content (AvgIpc) is 2.98. The van der Waals surface area contributed by atoms with Crippen molar-refractivity contribution in [1.29, 1.82) is 0 Å². The van der Waals surface area contributed by atoms with Crippen molar-refractivity contribution in [3.63, 3.8) is 0 Å². The molecule has 1 aromatic heterocycles. The van der Waals surface area contributed by atoms with Gasteiger partial charge in [0, 0.05) is 28.0 Å². The molecule has 2 aliphatic rings. The lowest BCUT2D eigenvalue weighted by Gasteiger charge is -2.36. The molecule has 5 heteroatoms. The van der Waals surface area contributed by atoms with Crippen LogP contribution in [0, 0.1) is 5.92 Å². The van der Waals surface area contributed by atoms with E-state index >= 15 is 0 Å². The first-order valence-electron chi connectivity index (χ1n) is 7.98. The van der Waals surface area contributed by atoms with Crippen LogP contribution in [0.4, 0.5) is 0 Å². The van der Waals surface area contributed by atoms with Crippen molar-refractivity contribution >= 4 is 23.1 Å². The highest BCUT2D eigenvalue weighted by Crippen LogP contribution is 2.50.